The van der Waals surface area contributed by atoms with Crippen LogP contribution in [0.15, 0.2) is 121 Å². The molecule has 4 nitrogen and oxygen atoms in total. The molecule has 0 aliphatic heterocycles. The topological polar surface area (TPSA) is 36.9 Å². The molecule has 0 unspecified atom stereocenters. The van der Waals surface area contributed by atoms with E-state index in [-0.39, 0.29) is 43.5 Å². The molecule has 0 amide bonds. The van der Waals surface area contributed by atoms with Crippen molar-refractivity contribution in [3.63, 3.8) is 0 Å². The van der Waals surface area contributed by atoms with Gasteiger partial charge in [-0.15, -0.1) is 0 Å². The molecule has 420 valence electrons. The number of ether oxygens (including phenoxy) is 4. The molecule has 3 heterocycles. The van der Waals surface area contributed by atoms with Crippen LogP contribution in [0.1, 0.15) is 80.0 Å². The predicted octanol–water partition coefficient (Wildman–Crippen LogP) is 20.6. The average Bonchev–Trinajstić information content (AvgIpc) is 2.11. The first-order valence-electron chi connectivity index (χ1n) is 30.5. The number of benzene rings is 13. The maximum atomic E-state index is 6.68. The van der Waals surface area contributed by atoms with Crippen molar-refractivity contribution in [1.29, 1.82) is 0 Å². The van der Waals surface area contributed by atoms with E-state index in [1.807, 2.05) is 28.4 Å². The first-order valence-corrected chi connectivity index (χ1v) is 35.6. The first-order chi connectivity index (χ1) is 41.6. The molecular weight excluding hydrogens is 1240 g/mol. The monoisotopic (exact) mass is 1310 g/mol. The van der Waals surface area contributed by atoms with Crippen molar-refractivity contribution in [2.24, 2.45) is 0 Å². The third kappa shape index (κ3) is 7.57. The van der Waals surface area contributed by atoms with Gasteiger partial charge in [0, 0.05) is 0 Å². The number of aryl methyl sites for hydroxylation is 6. The summed E-state index contributed by atoms with van der Waals surface area (Å²) in [4.78, 5) is 0. The van der Waals surface area contributed by atoms with Crippen molar-refractivity contribution in [1.82, 2.24) is 0 Å². The number of rotatable bonds is 12. The third-order valence-electron chi connectivity index (χ3n) is 19.0. The van der Waals surface area contributed by atoms with Crippen LogP contribution >= 0.6 is 0 Å². The van der Waals surface area contributed by atoms with Crippen molar-refractivity contribution in [2.45, 2.75) is 92.9 Å². The Hall–Kier alpha value is -7.04. The Morgan fingerprint density at radius 1 is 0.259 bits per heavy atom. The van der Waals surface area contributed by atoms with Crippen LogP contribution in [0.4, 0.5) is 0 Å². The Labute approximate surface area is 512 Å². The van der Waals surface area contributed by atoms with Crippen LogP contribution in [0.2, 0.25) is 0 Å². The molecule has 3 aromatic heterocycles. The molecule has 0 fully saturated rings. The minimum absolute atomic E-state index is 0.208. The molecule has 13 aromatic carbocycles. The maximum absolute atomic E-state index is 6.68. The molecule has 16 rings (SSSR count). The molecule has 0 N–H and O–H groups in total. The normalized spacial score (nSPS) is 12.5. The quantitative estimate of drug-likeness (QED) is 0.0694. The van der Waals surface area contributed by atoms with E-state index in [4.69, 9.17) is 18.9 Å². The molecule has 0 bridgehead atoms. The summed E-state index contributed by atoms with van der Waals surface area (Å²) in [5.74, 6) is 3.17. The van der Waals surface area contributed by atoms with E-state index in [9.17, 15) is 0 Å². The van der Waals surface area contributed by atoms with Gasteiger partial charge in [0.15, 0.2) is 0 Å². The van der Waals surface area contributed by atoms with E-state index >= 15 is 0 Å². The van der Waals surface area contributed by atoms with Crippen LogP contribution in [0.5, 0.6) is 23.0 Å². The molecular formula is C78H66O4Se3. The van der Waals surface area contributed by atoms with Crippen LogP contribution in [0.25, 0.3) is 162 Å². The van der Waals surface area contributed by atoms with Gasteiger partial charge in [-0.3, -0.25) is 0 Å². The summed E-state index contributed by atoms with van der Waals surface area (Å²) in [7, 11) is 7.33. The SMILES string of the molecule is CCCc1[se]c(C)c2c3cc4ccccc4cc3c3cc4c(cc3c12)c(OC)c(OC)c1cc2c(cc14)c1cc3c(cc1c1c(CCC)[se]c(CCC)c21)c(OC)c(OC)c1cc2c(cc13)c1cc3ccccc3cc1c1c(C)[se]c(CCC)c21. The number of fused-ring (bicyclic) bond motifs is 26. The van der Waals surface area contributed by atoms with Gasteiger partial charge in [-0.2, -0.15) is 0 Å². The van der Waals surface area contributed by atoms with E-state index in [1.54, 1.807) is 17.7 Å². The summed E-state index contributed by atoms with van der Waals surface area (Å²) in [6.07, 6.45) is 8.74. The molecule has 85 heavy (non-hydrogen) atoms. The van der Waals surface area contributed by atoms with E-state index < -0.39 is 0 Å². The summed E-state index contributed by atoms with van der Waals surface area (Å²) in [6, 6.07) is 47.8. The second-order valence-electron chi connectivity index (χ2n) is 23.8. The molecule has 0 radical (unpaired) electrons. The summed E-state index contributed by atoms with van der Waals surface area (Å²) in [6.45, 7) is 14.1. The molecule has 0 spiro atoms. The van der Waals surface area contributed by atoms with Crippen molar-refractivity contribution < 1.29 is 18.9 Å². The van der Waals surface area contributed by atoms with Crippen LogP contribution in [-0.2, 0) is 25.7 Å². The Morgan fingerprint density at radius 3 is 0.741 bits per heavy atom. The molecule has 0 aliphatic rings. The third-order valence-corrected chi connectivity index (χ3v) is 26.6. The van der Waals surface area contributed by atoms with Crippen molar-refractivity contribution in [3.8, 4) is 23.0 Å². The van der Waals surface area contributed by atoms with E-state index in [0.29, 0.717) is 0 Å². The summed E-state index contributed by atoms with van der Waals surface area (Å²) in [5.41, 5.74) is 0. The van der Waals surface area contributed by atoms with Crippen LogP contribution < -0.4 is 18.9 Å². The van der Waals surface area contributed by atoms with Gasteiger partial charge in [-0.1, -0.05) is 0 Å². The predicted molar refractivity (Wildman–Crippen MR) is 372 cm³/mol. The zero-order valence-corrected chi connectivity index (χ0v) is 55.2. The summed E-state index contributed by atoms with van der Waals surface area (Å²) < 4.78 is 36.1. The van der Waals surface area contributed by atoms with Crippen molar-refractivity contribution in [3.05, 3.63) is 148 Å². The van der Waals surface area contributed by atoms with Gasteiger partial charge >= 0.3 is 516 Å². The Bertz CT molecular complexity index is 5270. The molecule has 0 atom stereocenters. The fourth-order valence-corrected chi connectivity index (χ4v) is 24.2. The second-order valence-corrected chi connectivity index (χ2v) is 31.7. The molecule has 7 heteroatoms. The van der Waals surface area contributed by atoms with E-state index in [1.165, 1.54) is 149 Å². The summed E-state index contributed by atoms with van der Waals surface area (Å²) >= 11 is 0.773. The zero-order chi connectivity index (χ0) is 57.8. The summed E-state index contributed by atoms with van der Waals surface area (Å²) in [5, 5.41) is 38.4. The number of hydrogen-bond donors (Lipinski definition) is 0. The van der Waals surface area contributed by atoms with Gasteiger partial charge in [0.2, 0.25) is 0 Å². The van der Waals surface area contributed by atoms with Gasteiger partial charge in [0.25, 0.3) is 0 Å². The molecule has 0 aliphatic carbocycles. The van der Waals surface area contributed by atoms with Crippen LogP contribution in [-0.4, -0.2) is 71.9 Å². The number of methoxy groups -OCH3 is 4. The van der Waals surface area contributed by atoms with Gasteiger partial charge in [-0.05, 0) is 0 Å². The fourth-order valence-electron chi connectivity index (χ4n) is 15.5. The average molecular weight is 1300 g/mol. The van der Waals surface area contributed by atoms with Crippen LogP contribution in [0, 0.1) is 13.8 Å². The Balaban J connectivity index is 1.11. The Morgan fingerprint density at radius 2 is 0.471 bits per heavy atom. The second kappa shape index (κ2) is 20.3. The van der Waals surface area contributed by atoms with E-state index in [0.717, 1.165) is 95.9 Å². The van der Waals surface area contributed by atoms with Crippen molar-refractivity contribution >= 4 is 205 Å². The zero-order valence-electron chi connectivity index (χ0n) is 50.1. The van der Waals surface area contributed by atoms with Gasteiger partial charge in [0.05, 0.1) is 0 Å². The standard InChI is InChI=1S/C78H66O4Se3/c1-11-19-65-71-57-35-61-51(31-47(57)45-27-41-23-15-17-25-43(41)29-55(45)69(71)39(5)83-65)53-33-49-50-34-54-52-32-48-46-28-42-24-16-18-26-44(42)30-56(46)70-40(6)84-66(20-12-2)72(70)58(48)36-62(52)76(80-8)78(82-10)64(54)38-60(50)74-68(22-14-4)85-67(21-13-3)73(74)59(49)37-63(53)77(81-9)75(61)79-7/h15-18,23-38H,11-14,19-22H2,1-10H3. The Kier molecular flexibility index (Phi) is 12.7. The van der Waals surface area contributed by atoms with Gasteiger partial charge in [0.1, 0.15) is 0 Å². The fraction of sp³-hybridized carbons (Fsp3) is 0.231. The number of hydrogen-bond acceptors (Lipinski definition) is 4. The molecule has 0 saturated heterocycles. The van der Waals surface area contributed by atoms with Crippen molar-refractivity contribution in [2.75, 3.05) is 28.4 Å². The van der Waals surface area contributed by atoms with E-state index in [2.05, 4.69) is 163 Å². The molecule has 16 aromatic rings. The van der Waals surface area contributed by atoms with Gasteiger partial charge in [-0.25, -0.2) is 0 Å². The minimum atomic E-state index is 0.208. The first kappa shape index (κ1) is 53.4. The molecule has 0 saturated carbocycles. The van der Waals surface area contributed by atoms with Gasteiger partial charge < -0.3 is 0 Å². The van der Waals surface area contributed by atoms with Crippen LogP contribution in [0.3, 0.4) is 0 Å².